The molecule has 0 saturated carbocycles. The Morgan fingerprint density at radius 2 is 1.93 bits per heavy atom. The fourth-order valence-corrected chi connectivity index (χ4v) is 3.46. The summed E-state index contributed by atoms with van der Waals surface area (Å²) < 4.78 is 18.7. The number of likely N-dealkylation sites (tertiary alicyclic amines) is 1. The van der Waals surface area contributed by atoms with Crippen LogP contribution in [-0.2, 0) is 4.74 Å². The van der Waals surface area contributed by atoms with E-state index in [-0.39, 0.29) is 11.9 Å². The summed E-state index contributed by atoms with van der Waals surface area (Å²) in [7, 11) is 1.66. The standard InChI is InChI=1S/C21H35FN4O/c1-5-23-21(25-19-10-12-26(13-11-19)15-16(2)3)24-14-20(27-4)17-6-8-18(22)9-7-17/h6-9,16,19-20H,5,10-15H2,1-4H3,(H2,23,24,25). The van der Waals surface area contributed by atoms with Crippen molar-refractivity contribution >= 4 is 5.96 Å². The molecule has 6 heteroatoms. The van der Waals surface area contributed by atoms with Gasteiger partial charge in [-0.15, -0.1) is 0 Å². The van der Waals surface area contributed by atoms with Gasteiger partial charge in [0.15, 0.2) is 5.96 Å². The molecule has 1 unspecified atom stereocenters. The summed E-state index contributed by atoms with van der Waals surface area (Å²) in [5.74, 6) is 1.30. The van der Waals surface area contributed by atoms with Gasteiger partial charge in [-0.1, -0.05) is 26.0 Å². The van der Waals surface area contributed by atoms with Crippen LogP contribution in [0.4, 0.5) is 4.39 Å². The van der Waals surface area contributed by atoms with E-state index in [0.29, 0.717) is 18.5 Å². The number of guanidine groups is 1. The highest BCUT2D eigenvalue weighted by Gasteiger charge is 2.20. The average molecular weight is 379 g/mol. The number of benzene rings is 1. The van der Waals surface area contributed by atoms with E-state index in [4.69, 9.17) is 9.73 Å². The van der Waals surface area contributed by atoms with E-state index in [0.717, 1.165) is 44.0 Å². The van der Waals surface area contributed by atoms with Crippen LogP contribution in [0.5, 0.6) is 0 Å². The summed E-state index contributed by atoms with van der Waals surface area (Å²) in [5, 5.41) is 6.89. The van der Waals surface area contributed by atoms with Gasteiger partial charge in [0.1, 0.15) is 11.9 Å². The molecule has 0 amide bonds. The number of piperidine rings is 1. The zero-order valence-corrected chi connectivity index (χ0v) is 17.2. The Bertz CT molecular complexity index is 568. The second-order valence-electron chi connectivity index (χ2n) is 7.61. The lowest BCUT2D eigenvalue weighted by atomic mass is 10.0. The normalized spacial score (nSPS) is 17.9. The molecule has 1 fully saturated rings. The molecule has 0 aliphatic carbocycles. The van der Waals surface area contributed by atoms with E-state index < -0.39 is 0 Å². The molecule has 2 rings (SSSR count). The minimum atomic E-state index is -0.240. The van der Waals surface area contributed by atoms with Crippen molar-refractivity contribution in [3.8, 4) is 0 Å². The second kappa shape index (κ2) is 11.2. The van der Waals surface area contributed by atoms with Crippen molar-refractivity contribution in [1.82, 2.24) is 15.5 Å². The summed E-state index contributed by atoms with van der Waals surface area (Å²) in [6, 6.07) is 6.87. The summed E-state index contributed by atoms with van der Waals surface area (Å²) in [6.07, 6.45) is 2.07. The van der Waals surface area contributed by atoms with Gasteiger partial charge in [0.05, 0.1) is 6.54 Å². The van der Waals surface area contributed by atoms with Crippen LogP contribution < -0.4 is 10.6 Å². The lowest BCUT2D eigenvalue weighted by Gasteiger charge is -2.34. The van der Waals surface area contributed by atoms with Crippen LogP contribution >= 0.6 is 0 Å². The Balaban J connectivity index is 1.90. The molecule has 27 heavy (non-hydrogen) atoms. The van der Waals surface area contributed by atoms with E-state index in [1.54, 1.807) is 19.2 Å². The van der Waals surface area contributed by atoms with E-state index in [2.05, 4.69) is 36.3 Å². The number of hydrogen-bond donors (Lipinski definition) is 2. The van der Waals surface area contributed by atoms with Crippen molar-refractivity contribution in [3.05, 3.63) is 35.6 Å². The molecule has 0 aromatic heterocycles. The first-order chi connectivity index (χ1) is 13.0. The molecule has 1 aromatic rings. The monoisotopic (exact) mass is 378 g/mol. The van der Waals surface area contributed by atoms with Gasteiger partial charge in [0, 0.05) is 39.3 Å². The summed E-state index contributed by atoms with van der Waals surface area (Å²) in [5.41, 5.74) is 0.931. The highest BCUT2D eigenvalue weighted by atomic mass is 19.1. The average Bonchev–Trinajstić information content (AvgIpc) is 2.65. The van der Waals surface area contributed by atoms with Crippen molar-refractivity contribution in [1.29, 1.82) is 0 Å². The fraction of sp³-hybridized carbons (Fsp3) is 0.667. The number of hydrogen-bond acceptors (Lipinski definition) is 3. The second-order valence-corrected chi connectivity index (χ2v) is 7.61. The first-order valence-electron chi connectivity index (χ1n) is 10.1. The van der Waals surface area contributed by atoms with Crippen molar-refractivity contribution in [3.63, 3.8) is 0 Å². The van der Waals surface area contributed by atoms with Crippen molar-refractivity contribution in [2.45, 2.75) is 45.8 Å². The van der Waals surface area contributed by atoms with E-state index in [9.17, 15) is 4.39 Å². The summed E-state index contributed by atoms with van der Waals surface area (Å²) in [4.78, 5) is 7.25. The molecule has 152 valence electrons. The third-order valence-electron chi connectivity index (χ3n) is 4.84. The SMILES string of the molecule is CCNC(=NCC(OC)c1ccc(F)cc1)NC1CCN(CC(C)C)CC1. The van der Waals surface area contributed by atoms with Crippen molar-refractivity contribution in [2.24, 2.45) is 10.9 Å². The zero-order valence-electron chi connectivity index (χ0n) is 17.2. The van der Waals surface area contributed by atoms with E-state index >= 15 is 0 Å². The molecule has 2 N–H and O–H groups in total. The largest absolute Gasteiger partial charge is 0.375 e. The summed E-state index contributed by atoms with van der Waals surface area (Å²) >= 11 is 0. The molecular formula is C21H35FN4O. The Hall–Kier alpha value is -1.66. The number of halogens is 1. The fourth-order valence-electron chi connectivity index (χ4n) is 3.46. The van der Waals surface area contributed by atoms with Gasteiger partial charge < -0.3 is 20.3 Å². The molecular weight excluding hydrogens is 343 g/mol. The predicted octanol–water partition coefficient (Wildman–Crippen LogP) is 3.19. The highest BCUT2D eigenvalue weighted by Crippen LogP contribution is 2.17. The lowest BCUT2D eigenvalue weighted by Crippen LogP contribution is -2.49. The minimum absolute atomic E-state index is 0.186. The number of rotatable bonds is 8. The van der Waals surface area contributed by atoms with Crippen LogP contribution in [0.2, 0.25) is 0 Å². The number of aliphatic imine (C=N–C) groups is 1. The molecule has 5 nitrogen and oxygen atoms in total. The first kappa shape index (κ1) is 21.6. The summed E-state index contributed by atoms with van der Waals surface area (Å²) in [6.45, 7) is 11.3. The lowest BCUT2D eigenvalue weighted by molar-refractivity contribution is 0.110. The van der Waals surface area contributed by atoms with Gasteiger partial charge in [0.2, 0.25) is 0 Å². The number of methoxy groups -OCH3 is 1. The van der Waals surface area contributed by atoms with E-state index in [1.165, 1.54) is 18.7 Å². The van der Waals surface area contributed by atoms with Gasteiger partial charge in [-0.3, -0.25) is 4.99 Å². The van der Waals surface area contributed by atoms with Crippen LogP contribution in [0.25, 0.3) is 0 Å². The maximum absolute atomic E-state index is 13.1. The third-order valence-corrected chi connectivity index (χ3v) is 4.84. The molecule has 1 aliphatic heterocycles. The van der Waals surface area contributed by atoms with Crippen LogP contribution in [-0.4, -0.2) is 56.7 Å². The van der Waals surface area contributed by atoms with Crippen LogP contribution in [0.3, 0.4) is 0 Å². The molecule has 1 saturated heterocycles. The Morgan fingerprint density at radius 1 is 1.26 bits per heavy atom. The predicted molar refractivity (Wildman–Crippen MR) is 110 cm³/mol. The molecule has 1 atom stereocenters. The van der Waals surface area contributed by atoms with Crippen molar-refractivity contribution in [2.75, 3.05) is 39.8 Å². The smallest absolute Gasteiger partial charge is 0.191 e. The number of nitrogens with zero attached hydrogens (tertiary/aromatic N) is 2. The minimum Gasteiger partial charge on any atom is -0.375 e. The Morgan fingerprint density at radius 3 is 2.48 bits per heavy atom. The molecule has 0 radical (unpaired) electrons. The van der Waals surface area contributed by atoms with Gasteiger partial charge in [-0.25, -0.2) is 4.39 Å². The van der Waals surface area contributed by atoms with Crippen LogP contribution in [0.15, 0.2) is 29.3 Å². The van der Waals surface area contributed by atoms with Gasteiger partial charge in [-0.05, 0) is 43.4 Å². The number of nitrogens with one attached hydrogen (secondary N) is 2. The van der Waals surface area contributed by atoms with Gasteiger partial charge in [-0.2, -0.15) is 0 Å². The topological polar surface area (TPSA) is 48.9 Å². The molecule has 0 bridgehead atoms. The third kappa shape index (κ3) is 7.46. The quantitative estimate of drug-likeness (QED) is 0.539. The highest BCUT2D eigenvalue weighted by molar-refractivity contribution is 5.80. The van der Waals surface area contributed by atoms with Crippen LogP contribution in [0, 0.1) is 11.7 Å². The van der Waals surface area contributed by atoms with Gasteiger partial charge in [0.25, 0.3) is 0 Å². The van der Waals surface area contributed by atoms with Crippen LogP contribution in [0.1, 0.15) is 45.3 Å². The van der Waals surface area contributed by atoms with Crippen molar-refractivity contribution < 1.29 is 9.13 Å². The maximum atomic E-state index is 13.1. The Kier molecular flexibility index (Phi) is 9.01. The molecule has 1 heterocycles. The van der Waals surface area contributed by atoms with Gasteiger partial charge >= 0.3 is 0 Å². The molecule has 0 spiro atoms. The Labute approximate surface area is 163 Å². The number of ether oxygens (including phenoxy) is 1. The van der Waals surface area contributed by atoms with E-state index in [1.807, 2.05) is 0 Å². The molecule has 1 aromatic carbocycles. The first-order valence-corrected chi connectivity index (χ1v) is 10.1. The molecule has 1 aliphatic rings. The maximum Gasteiger partial charge on any atom is 0.191 e. The zero-order chi connectivity index (χ0) is 19.6.